The van der Waals surface area contributed by atoms with Gasteiger partial charge in [0, 0.05) is 17.6 Å². The summed E-state index contributed by atoms with van der Waals surface area (Å²) in [6.45, 7) is 1.78. The van der Waals surface area contributed by atoms with Crippen molar-refractivity contribution >= 4 is 10.9 Å². The Labute approximate surface area is 68.0 Å². The van der Waals surface area contributed by atoms with Gasteiger partial charge < -0.3 is 4.98 Å². The van der Waals surface area contributed by atoms with E-state index in [2.05, 4.69) is 4.98 Å². The molecule has 1 heterocycles. The summed E-state index contributed by atoms with van der Waals surface area (Å²) in [4.78, 5) is 2.79. The van der Waals surface area contributed by atoms with Crippen molar-refractivity contribution in [3.05, 3.63) is 35.5 Å². The van der Waals surface area contributed by atoms with Gasteiger partial charge in [-0.25, -0.2) is 8.78 Å². The quantitative estimate of drug-likeness (QED) is 0.621. The number of nitrogens with one attached hydrogen (secondary N) is 1. The van der Waals surface area contributed by atoms with Gasteiger partial charge in [0.2, 0.25) is 0 Å². The van der Waals surface area contributed by atoms with Crippen LogP contribution in [0.2, 0.25) is 0 Å². The second-order valence-corrected chi connectivity index (χ2v) is 2.78. The van der Waals surface area contributed by atoms with Crippen molar-refractivity contribution in [1.29, 1.82) is 0 Å². The molecule has 1 aromatic carbocycles. The molecular weight excluding hydrogens is 160 g/mol. The van der Waals surface area contributed by atoms with E-state index in [1.807, 2.05) is 0 Å². The third-order valence-electron chi connectivity index (χ3n) is 1.89. The van der Waals surface area contributed by atoms with Gasteiger partial charge in [0.05, 0.1) is 5.52 Å². The maximum atomic E-state index is 13.1. The normalized spacial score (nSPS) is 10.9. The summed E-state index contributed by atoms with van der Waals surface area (Å²) < 4.78 is 25.7. The second kappa shape index (κ2) is 2.30. The second-order valence-electron chi connectivity index (χ2n) is 2.78. The molecule has 0 spiro atoms. The molecule has 12 heavy (non-hydrogen) atoms. The fraction of sp³-hybridized carbons (Fsp3) is 0.111. The molecule has 3 heteroatoms. The van der Waals surface area contributed by atoms with Gasteiger partial charge in [0.15, 0.2) is 0 Å². The molecule has 0 amide bonds. The Kier molecular flexibility index (Phi) is 1.40. The lowest BCUT2D eigenvalue weighted by atomic mass is 10.2. The summed E-state index contributed by atoms with van der Waals surface area (Å²) in [6.07, 6.45) is 1.66. The highest BCUT2D eigenvalue weighted by molar-refractivity contribution is 5.83. The third kappa shape index (κ3) is 0.897. The van der Waals surface area contributed by atoms with Gasteiger partial charge in [0.25, 0.3) is 0 Å². The van der Waals surface area contributed by atoms with Crippen LogP contribution in [0.1, 0.15) is 5.56 Å². The van der Waals surface area contributed by atoms with Crippen LogP contribution >= 0.6 is 0 Å². The summed E-state index contributed by atoms with van der Waals surface area (Å²) >= 11 is 0. The molecule has 0 radical (unpaired) electrons. The first-order chi connectivity index (χ1) is 5.68. The Hall–Kier alpha value is -1.38. The van der Waals surface area contributed by atoms with Crippen LogP contribution in [0.5, 0.6) is 0 Å². The molecule has 2 rings (SSSR count). The molecule has 62 valence electrons. The van der Waals surface area contributed by atoms with Gasteiger partial charge in [0.1, 0.15) is 11.6 Å². The Bertz CT molecular complexity index is 431. The van der Waals surface area contributed by atoms with E-state index < -0.39 is 11.6 Å². The van der Waals surface area contributed by atoms with Crippen LogP contribution in [0.4, 0.5) is 8.78 Å². The number of hydrogen-bond donors (Lipinski definition) is 1. The molecule has 0 aliphatic carbocycles. The van der Waals surface area contributed by atoms with Crippen molar-refractivity contribution in [3.63, 3.8) is 0 Å². The smallest absolute Gasteiger partial charge is 0.135 e. The molecular formula is C9H7F2N. The lowest BCUT2D eigenvalue weighted by Crippen LogP contribution is -1.81. The molecule has 0 saturated heterocycles. The predicted molar refractivity (Wildman–Crippen MR) is 43.0 cm³/mol. The van der Waals surface area contributed by atoms with E-state index in [4.69, 9.17) is 0 Å². The van der Waals surface area contributed by atoms with Crippen LogP contribution in [0.3, 0.4) is 0 Å². The van der Waals surface area contributed by atoms with Gasteiger partial charge in [-0.1, -0.05) is 0 Å². The molecule has 0 saturated carbocycles. The number of aryl methyl sites for hydroxylation is 1. The van der Waals surface area contributed by atoms with Gasteiger partial charge in [-0.15, -0.1) is 0 Å². The van der Waals surface area contributed by atoms with Gasteiger partial charge in [-0.2, -0.15) is 0 Å². The van der Waals surface area contributed by atoms with E-state index in [9.17, 15) is 8.78 Å². The van der Waals surface area contributed by atoms with Crippen molar-refractivity contribution < 1.29 is 8.78 Å². The molecule has 2 aromatic rings. The fourth-order valence-electron chi connectivity index (χ4n) is 1.35. The summed E-state index contributed by atoms with van der Waals surface area (Å²) in [5.74, 6) is -1.06. The average molecular weight is 167 g/mol. The van der Waals surface area contributed by atoms with Crippen molar-refractivity contribution in [2.24, 2.45) is 0 Å². The van der Waals surface area contributed by atoms with Crippen LogP contribution < -0.4 is 0 Å². The maximum absolute atomic E-state index is 13.1. The molecule has 0 bridgehead atoms. The van der Waals surface area contributed by atoms with Crippen molar-refractivity contribution in [2.75, 3.05) is 0 Å². The number of fused-ring (bicyclic) bond motifs is 1. The van der Waals surface area contributed by atoms with Crippen molar-refractivity contribution in [1.82, 2.24) is 4.98 Å². The fourth-order valence-corrected chi connectivity index (χ4v) is 1.35. The van der Waals surface area contributed by atoms with E-state index in [-0.39, 0.29) is 0 Å². The third-order valence-corrected chi connectivity index (χ3v) is 1.89. The van der Waals surface area contributed by atoms with Crippen molar-refractivity contribution in [2.45, 2.75) is 6.92 Å². The number of aromatic amines is 1. The van der Waals surface area contributed by atoms with Crippen LogP contribution in [-0.4, -0.2) is 4.98 Å². The summed E-state index contributed by atoms with van der Waals surface area (Å²) in [7, 11) is 0. The molecule has 1 aromatic heterocycles. The highest BCUT2D eigenvalue weighted by atomic mass is 19.1. The van der Waals surface area contributed by atoms with Crippen molar-refractivity contribution in [3.8, 4) is 0 Å². The topological polar surface area (TPSA) is 15.8 Å². The first kappa shape index (κ1) is 7.28. The van der Waals surface area contributed by atoms with E-state index in [0.29, 0.717) is 10.9 Å². The van der Waals surface area contributed by atoms with Gasteiger partial charge >= 0.3 is 0 Å². The number of aromatic nitrogens is 1. The molecule has 0 atom stereocenters. The molecule has 1 nitrogen and oxygen atoms in total. The number of rotatable bonds is 0. The largest absolute Gasteiger partial charge is 0.361 e. The first-order valence-corrected chi connectivity index (χ1v) is 3.61. The average Bonchev–Trinajstić information content (AvgIpc) is 2.31. The zero-order chi connectivity index (χ0) is 8.72. The highest BCUT2D eigenvalue weighted by Gasteiger charge is 2.06. The van der Waals surface area contributed by atoms with Gasteiger partial charge in [-0.3, -0.25) is 0 Å². The Morgan fingerprint density at radius 2 is 2.00 bits per heavy atom. The first-order valence-electron chi connectivity index (χ1n) is 3.61. The lowest BCUT2D eigenvalue weighted by molar-refractivity contribution is 0.592. The van der Waals surface area contributed by atoms with E-state index >= 15 is 0 Å². The SMILES string of the molecule is Cc1c[nH]c2cc(F)cc(F)c12. The minimum absolute atomic E-state index is 0.469. The Balaban J connectivity index is 2.93. The molecule has 0 unspecified atom stereocenters. The minimum Gasteiger partial charge on any atom is -0.361 e. The molecule has 0 fully saturated rings. The number of benzene rings is 1. The minimum atomic E-state index is -0.554. The summed E-state index contributed by atoms with van der Waals surface area (Å²) in [6, 6.07) is 2.18. The predicted octanol–water partition coefficient (Wildman–Crippen LogP) is 2.75. The number of H-pyrrole nitrogens is 1. The Morgan fingerprint density at radius 1 is 1.25 bits per heavy atom. The standard InChI is InChI=1S/C9H7F2N/c1-5-4-12-8-3-6(10)2-7(11)9(5)8/h2-4,12H,1H3. The van der Waals surface area contributed by atoms with Crippen LogP contribution in [0.25, 0.3) is 10.9 Å². The zero-order valence-electron chi connectivity index (χ0n) is 6.49. The van der Waals surface area contributed by atoms with Crippen LogP contribution in [0.15, 0.2) is 18.3 Å². The number of hydrogen-bond acceptors (Lipinski definition) is 0. The molecule has 1 N–H and O–H groups in total. The molecule has 0 aliphatic rings. The summed E-state index contributed by atoms with van der Waals surface area (Å²) in [5.41, 5.74) is 1.30. The summed E-state index contributed by atoms with van der Waals surface area (Å²) in [5, 5.41) is 0.469. The van der Waals surface area contributed by atoms with E-state index in [1.54, 1.807) is 13.1 Å². The Morgan fingerprint density at radius 3 is 2.75 bits per heavy atom. The molecule has 0 aliphatic heterocycles. The lowest BCUT2D eigenvalue weighted by Gasteiger charge is -1.94. The zero-order valence-corrected chi connectivity index (χ0v) is 6.49. The highest BCUT2D eigenvalue weighted by Crippen LogP contribution is 2.21. The number of halogens is 2. The monoisotopic (exact) mass is 167 g/mol. The van der Waals surface area contributed by atoms with Gasteiger partial charge in [-0.05, 0) is 18.6 Å². The maximum Gasteiger partial charge on any atom is 0.135 e. The van der Waals surface area contributed by atoms with E-state index in [1.165, 1.54) is 6.07 Å². The van der Waals surface area contributed by atoms with Crippen LogP contribution in [-0.2, 0) is 0 Å². The van der Waals surface area contributed by atoms with Crippen LogP contribution in [0, 0.1) is 18.6 Å². The van der Waals surface area contributed by atoms with E-state index in [0.717, 1.165) is 11.6 Å².